The number of piperidine rings is 1. The predicted octanol–water partition coefficient (Wildman–Crippen LogP) is 16.1. The number of anilines is 5. The Morgan fingerprint density at radius 2 is 0.667 bits per heavy atom. The summed E-state index contributed by atoms with van der Waals surface area (Å²) in [5, 5.41) is 42.6. The van der Waals surface area contributed by atoms with Crippen molar-refractivity contribution in [1.29, 1.82) is 0 Å². The van der Waals surface area contributed by atoms with Crippen molar-refractivity contribution in [2.75, 3.05) is 80.4 Å². The largest absolute Gasteiger partial charge is 0.454 e. The molecule has 2 saturated heterocycles. The lowest BCUT2D eigenvalue weighted by molar-refractivity contribution is -0.0566. The molecular weight excluding hydrogens is 1630 g/mol. The van der Waals surface area contributed by atoms with Crippen LogP contribution in [0.5, 0.6) is 46.0 Å². The zero-order valence-corrected chi connectivity index (χ0v) is 66.5. The topological polar surface area (TPSA) is 389 Å². The number of halogens is 4. The number of likely N-dealkylation sites (tertiary alicyclic amines) is 2. The molecule has 632 valence electrons. The van der Waals surface area contributed by atoms with Gasteiger partial charge in [-0.1, -0.05) is 30.3 Å². The summed E-state index contributed by atoms with van der Waals surface area (Å²) < 4.78 is 96.7. The highest BCUT2D eigenvalue weighted by Crippen LogP contribution is 2.41. The fourth-order valence-corrected chi connectivity index (χ4v) is 15.2. The van der Waals surface area contributed by atoms with Gasteiger partial charge in [-0.25, -0.2) is 17.6 Å². The van der Waals surface area contributed by atoms with Gasteiger partial charge in [0.2, 0.25) is 27.2 Å². The Balaban J connectivity index is 0.000000111. The average molecular weight is 1700 g/mol. The molecule has 0 radical (unpaired) electrons. The van der Waals surface area contributed by atoms with Crippen LogP contribution in [0.15, 0.2) is 225 Å². The lowest BCUT2D eigenvalue weighted by Gasteiger charge is -2.31. The molecule has 126 heavy (non-hydrogen) atoms. The second-order valence-electron chi connectivity index (χ2n) is 30.3. The number of nitrogens with one attached hydrogen (secondary N) is 8. The highest BCUT2D eigenvalue weighted by molar-refractivity contribution is 6.15. The van der Waals surface area contributed by atoms with Gasteiger partial charge >= 0.3 is 0 Å². The number of H-pyrrole nitrogens is 4. The van der Waals surface area contributed by atoms with Crippen LogP contribution in [0.4, 0.5) is 46.0 Å². The molecule has 0 aliphatic carbocycles. The summed E-state index contributed by atoms with van der Waals surface area (Å²) in [4.78, 5) is 72.3. The van der Waals surface area contributed by atoms with Crippen molar-refractivity contribution in [1.82, 2.24) is 70.5 Å². The highest BCUT2D eigenvalue weighted by Gasteiger charge is 2.38. The van der Waals surface area contributed by atoms with Gasteiger partial charge in [-0.2, -0.15) is 20.4 Å². The first-order valence-corrected chi connectivity index (χ1v) is 39.8. The number of carbonyl (C=O) groups excluding carboxylic acids is 4. The molecule has 31 nitrogen and oxygen atoms in total. The van der Waals surface area contributed by atoms with Crippen LogP contribution in [0.2, 0.25) is 0 Å². The molecule has 6 aliphatic heterocycles. The first kappa shape index (κ1) is 79.7. The maximum Gasteiger partial charge on any atom is 0.276 e. The third-order valence-corrected chi connectivity index (χ3v) is 21.6. The second-order valence-corrected chi connectivity index (χ2v) is 30.3. The molecule has 0 atom stereocenters. The minimum atomic E-state index is -2.63. The van der Waals surface area contributed by atoms with Crippen LogP contribution in [0, 0.1) is 0 Å². The number of nitrogens with zero attached hydrogens (tertiary/aromatic N) is 10. The monoisotopic (exact) mass is 1700 g/mol. The number of aromatic amines is 4. The first-order valence-electron chi connectivity index (χ1n) is 39.8. The van der Waals surface area contributed by atoms with E-state index in [-0.39, 0.29) is 88.0 Å². The van der Waals surface area contributed by atoms with Crippen molar-refractivity contribution in [3.63, 3.8) is 0 Å². The zero-order chi connectivity index (χ0) is 86.0. The van der Waals surface area contributed by atoms with Gasteiger partial charge in [0.05, 0.1) is 34.3 Å². The smallest absolute Gasteiger partial charge is 0.276 e. The number of hydrogen-bond donors (Lipinski definition) is 9. The number of rotatable bonds is 16. The maximum absolute atomic E-state index is 13.5. The van der Waals surface area contributed by atoms with Gasteiger partial charge in [-0.15, -0.1) is 0 Å². The van der Waals surface area contributed by atoms with Crippen molar-refractivity contribution in [3.05, 3.63) is 259 Å². The van der Waals surface area contributed by atoms with Gasteiger partial charge < -0.3 is 64.9 Å². The molecule has 6 aliphatic rings. The van der Waals surface area contributed by atoms with Crippen molar-refractivity contribution in [3.8, 4) is 90.5 Å². The molecule has 10 N–H and O–H groups in total. The number of pyridine rings is 4. The van der Waals surface area contributed by atoms with Gasteiger partial charge in [0.25, 0.3) is 35.5 Å². The summed E-state index contributed by atoms with van der Waals surface area (Å²) in [5.41, 5.74) is 21.8. The Hall–Kier alpha value is -16.0. The van der Waals surface area contributed by atoms with Crippen LogP contribution < -0.4 is 64.9 Å². The van der Waals surface area contributed by atoms with E-state index in [2.05, 4.69) is 82.0 Å². The number of alkyl halides is 4. The van der Waals surface area contributed by atoms with Crippen LogP contribution >= 0.6 is 0 Å². The number of nitrogen functional groups attached to an aromatic ring is 1. The number of fused-ring (bicyclic) bond motifs is 8. The average Bonchev–Trinajstić information content (AvgIpc) is 1.64. The Bertz CT molecular complexity index is 6880. The van der Waals surface area contributed by atoms with E-state index in [1.807, 2.05) is 108 Å². The molecule has 35 heteroatoms. The zero-order valence-electron chi connectivity index (χ0n) is 66.5. The molecule has 2 fully saturated rings. The molecular formula is C91H73F4N19O12. The molecule has 0 spiro atoms. The fraction of sp³-hybridized carbons (Fsp3) is 0.165. The summed E-state index contributed by atoms with van der Waals surface area (Å²) >= 11 is 0. The summed E-state index contributed by atoms with van der Waals surface area (Å²) in [5.74, 6) is -1.60. The Morgan fingerprint density at radius 1 is 0.341 bits per heavy atom. The lowest BCUT2D eigenvalue weighted by Crippen LogP contribution is -2.38. The lowest BCUT2D eigenvalue weighted by atomic mass is 10.0. The maximum atomic E-state index is 13.5. The van der Waals surface area contributed by atoms with E-state index in [0.717, 1.165) is 77.6 Å². The van der Waals surface area contributed by atoms with E-state index >= 15 is 0 Å². The molecule has 16 aromatic rings. The predicted molar refractivity (Wildman–Crippen MR) is 458 cm³/mol. The van der Waals surface area contributed by atoms with Gasteiger partial charge in [-0.05, 0) is 155 Å². The van der Waals surface area contributed by atoms with E-state index < -0.39 is 11.8 Å². The summed E-state index contributed by atoms with van der Waals surface area (Å²) in [6.45, 7) is 2.50. The van der Waals surface area contributed by atoms with E-state index in [0.29, 0.717) is 140 Å². The molecule has 0 saturated carbocycles. The summed E-state index contributed by atoms with van der Waals surface area (Å²) in [6, 6.07) is 53.3. The van der Waals surface area contributed by atoms with Gasteiger partial charge in [0, 0.05) is 192 Å². The molecule has 8 aromatic carbocycles. The molecule has 0 bridgehead atoms. The fourth-order valence-electron chi connectivity index (χ4n) is 15.2. The van der Waals surface area contributed by atoms with Crippen molar-refractivity contribution in [2.24, 2.45) is 0 Å². The molecule has 8 aromatic heterocycles. The van der Waals surface area contributed by atoms with Crippen LogP contribution in [0.25, 0.3) is 88.1 Å². The van der Waals surface area contributed by atoms with Crippen LogP contribution in [-0.4, -0.2) is 159 Å². The summed E-state index contributed by atoms with van der Waals surface area (Å²) in [6.07, 6.45) is 13.4. The number of carbonyl (C=O) groups is 4. The summed E-state index contributed by atoms with van der Waals surface area (Å²) in [7, 11) is 0. The highest BCUT2D eigenvalue weighted by atomic mass is 19.3. The minimum absolute atomic E-state index is 0.117. The Labute approximate surface area is 711 Å². The molecule has 0 unspecified atom stereocenters. The number of aromatic nitrogens is 12. The van der Waals surface area contributed by atoms with Crippen molar-refractivity contribution in [2.45, 2.75) is 44.2 Å². The molecule has 22 rings (SSSR count). The minimum Gasteiger partial charge on any atom is -0.454 e. The quantitative estimate of drug-likeness (QED) is 0.0406. The number of benzene rings is 8. The van der Waals surface area contributed by atoms with E-state index in [1.54, 1.807) is 127 Å². The van der Waals surface area contributed by atoms with E-state index in [4.69, 9.17) is 43.6 Å². The van der Waals surface area contributed by atoms with E-state index in [9.17, 15) is 36.7 Å². The number of hydrogen-bond acceptors (Lipinski definition) is 23. The first-order chi connectivity index (χ1) is 61.3. The number of nitrogens with two attached hydrogens (primary N) is 1. The van der Waals surface area contributed by atoms with Crippen LogP contribution in [0.3, 0.4) is 0 Å². The Kier molecular flexibility index (Phi) is 21.6. The molecule has 4 amide bonds. The van der Waals surface area contributed by atoms with Crippen LogP contribution in [0.1, 0.15) is 72.3 Å². The van der Waals surface area contributed by atoms with E-state index in [1.165, 1.54) is 0 Å². The van der Waals surface area contributed by atoms with Crippen LogP contribution in [-0.2, 0) is 13.1 Å². The third-order valence-electron chi connectivity index (χ3n) is 21.6. The SMILES string of the molecule is Nc1cncc(-c2ccc3[nH]nc(C(=O)Nc4ccc5c(c4)OCO5)c3c2)c1.O=C(Nc1ccc2c(c1)OCO2)c1n[nH]c2ccc(-c3cccnc3)cc12.O=C(Nc1ccc2c(c1)OCO2)c1n[nH]c2ccc(-c3cncc(CN4CCC(F)(F)C4)c3)cc12.O=C(Nc1ccc2c(c1)OCO2)c1n[nH]c2ccc(-c3cncc(CN4CCC(F)(F)CC4)c3)cc12. The molecule has 14 heterocycles. The van der Waals surface area contributed by atoms with Crippen molar-refractivity contribution < 1.29 is 74.6 Å². The van der Waals surface area contributed by atoms with Gasteiger partial charge in [0.15, 0.2) is 68.8 Å². The number of ether oxygens (including phenoxy) is 8. The second kappa shape index (κ2) is 34.1. The third kappa shape index (κ3) is 17.6. The Morgan fingerprint density at radius 3 is 1.02 bits per heavy atom. The number of amides is 4. The van der Waals surface area contributed by atoms with Crippen molar-refractivity contribution >= 4 is 95.7 Å². The standard InChI is InChI=1S/C26H23F2N5O3.C25H21F2N5O3.C20H15N5O3.C20H14N4O3/c27-26(28)5-7-33(8-6-26)14-16-9-18(13-29-12-16)17-1-3-21-20(10-17)24(32-31-21)25(34)30-19-2-4-22-23(11-19)36-15-35-22;26-25(27)5-6-32(13-25)12-15-7-17(11-28-10-15)16-1-3-20-19(8-16)23(31-30-20)24(33)29-18-2-4-21-22(9-18)35-14-34-21;21-13-5-12(8-22-9-13)11-1-3-16-15(6-11)19(25-24-16)20(26)23-14-2-4-17-18(7-14)28-10-27-17;25-20(22-14-4-6-17-18(9-14)27-11-26-17)19-15-8-12(3-5-16(15)23-24-19)13-2-1-7-21-10-13/h1-4,9-13H,5-8,14-15H2,(H,30,34)(H,31,32);1-4,7-11H,5-6,12-14H2,(H,29,33)(H,30,31);1-9H,10,21H2,(H,23,26)(H,24,25);1-10H,11H2,(H,22,25)(H,23,24). The normalized spacial score (nSPS) is 14.8. The van der Waals surface area contributed by atoms with Gasteiger partial charge in [-0.3, -0.25) is 69.3 Å². The van der Waals surface area contributed by atoms with Gasteiger partial charge in [0.1, 0.15) is 0 Å².